The van der Waals surface area contributed by atoms with Crippen LogP contribution in [0.4, 0.5) is 9.59 Å². The van der Waals surface area contributed by atoms with Crippen molar-refractivity contribution in [2.45, 2.75) is 19.8 Å². The molecule has 7 nitrogen and oxygen atoms in total. The molecule has 1 aromatic carbocycles. The average Bonchev–Trinajstić information content (AvgIpc) is 2.80. The number of fused-ring (bicyclic) bond motifs is 1. The summed E-state index contributed by atoms with van der Waals surface area (Å²) in [7, 11) is 0. The molecule has 0 saturated carbocycles. The van der Waals surface area contributed by atoms with Crippen LogP contribution in [-0.4, -0.2) is 28.6 Å². The summed E-state index contributed by atoms with van der Waals surface area (Å²) in [5, 5.41) is 4.61. The Balaban J connectivity index is 1.86. The molecule has 0 unspecified atom stereocenters. The number of nitrogens with one attached hydrogen (secondary N) is 3. The zero-order valence-corrected chi connectivity index (χ0v) is 11.1. The number of carbonyl (C=O) groups is 2. The molecule has 0 fully saturated rings. The predicted molar refractivity (Wildman–Crippen MR) is 73.6 cm³/mol. The lowest BCUT2D eigenvalue weighted by Crippen LogP contribution is -2.41. The first-order chi connectivity index (χ1) is 9.69. The second-order valence-corrected chi connectivity index (χ2v) is 4.18. The molecule has 0 aliphatic carbocycles. The zero-order chi connectivity index (χ0) is 14.4. The lowest BCUT2D eigenvalue weighted by molar-refractivity contribution is 0.194. The Morgan fingerprint density at radius 3 is 2.90 bits per heavy atom. The monoisotopic (exact) mass is 276 g/mol. The normalized spacial score (nSPS) is 10.2. The van der Waals surface area contributed by atoms with E-state index in [0.717, 1.165) is 18.4 Å². The first kappa shape index (κ1) is 13.9. The quantitative estimate of drug-likeness (QED) is 0.745. The smallest absolute Gasteiger partial charge is 0.375 e. The summed E-state index contributed by atoms with van der Waals surface area (Å²) in [6.45, 7) is 2.52. The Labute approximate surface area is 115 Å². The fourth-order valence-electron chi connectivity index (χ4n) is 1.61. The molecule has 1 heterocycles. The summed E-state index contributed by atoms with van der Waals surface area (Å²) in [4.78, 5) is 29.7. The van der Waals surface area contributed by atoms with Gasteiger partial charge in [0, 0.05) is 6.54 Å². The number of para-hydroxylation sites is 2. The third kappa shape index (κ3) is 3.71. The summed E-state index contributed by atoms with van der Waals surface area (Å²) in [5.74, 6) is 0. The van der Waals surface area contributed by atoms with E-state index in [1.54, 1.807) is 6.07 Å². The lowest BCUT2D eigenvalue weighted by Gasteiger charge is -2.04. The van der Waals surface area contributed by atoms with Crippen LogP contribution in [0.5, 0.6) is 6.01 Å². The van der Waals surface area contributed by atoms with Crippen LogP contribution in [0.15, 0.2) is 24.3 Å². The van der Waals surface area contributed by atoms with E-state index in [0.29, 0.717) is 12.1 Å². The molecule has 106 valence electrons. The van der Waals surface area contributed by atoms with Gasteiger partial charge in [0.15, 0.2) is 0 Å². The highest BCUT2D eigenvalue weighted by molar-refractivity contribution is 5.91. The van der Waals surface area contributed by atoms with Crippen LogP contribution < -0.4 is 15.4 Å². The molecule has 3 amide bonds. The predicted octanol–water partition coefficient (Wildman–Crippen LogP) is 2.16. The van der Waals surface area contributed by atoms with E-state index in [4.69, 9.17) is 4.74 Å². The van der Waals surface area contributed by atoms with Gasteiger partial charge in [-0.3, -0.25) is 0 Å². The van der Waals surface area contributed by atoms with Gasteiger partial charge in [-0.2, -0.15) is 4.98 Å². The molecule has 7 heteroatoms. The van der Waals surface area contributed by atoms with Crippen molar-refractivity contribution in [2.24, 2.45) is 0 Å². The molecule has 0 aliphatic rings. The maximum atomic E-state index is 11.5. The van der Waals surface area contributed by atoms with Crippen LogP contribution in [-0.2, 0) is 0 Å². The molecule has 1 aromatic heterocycles. The third-order valence-electron chi connectivity index (χ3n) is 2.59. The molecule has 0 bridgehead atoms. The Morgan fingerprint density at radius 1 is 1.35 bits per heavy atom. The fourth-order valence-corrected chi connectivity index (χ4v) is 1.61. The first-order valence-electron chi connectivity index (χ1n) is 6.40. The van der Waals surface area contributed by atoms with Gasteiger partial charge >= 0.3 is 18.1 Å². The molecule has 2 rings (SSSR count). The molecule has 0 radical (unpaired) electrons. The van der Waals surface area contributed by atoms with Crippen LogP contribution in [0, 0.1) is 0 Å². The largest absolute Gasteiger partial charge is 0.423 e. The van der Waals surface area contributed by atoms with Crippen molar-refractivity contribution >= 4 is 23.2 Å². The van der Waals surface area contributed by atoms with Gasteiger partial charge in [0.2, 0.25) is 0 Å². The van der Waals surface area contributed by atoms with Crippen molar-refractivity contribution in [3.05, 3.63) is 24.3 Å². The highest BCUT2D eigenvalue weighted by Crippen LogP contribution is 2.14. The van der Waals surface area contributed by atoms with Crippen molar-refractivity contribution in [3.8, 4) is 6.01 Å². The molecular weight excluding hydrogens is 260 g/mol. The number of hydrogen-bond donors (Lipinski definition) is 3. The molecule has 0 atom stereocenters. The van der Waals surface area contributed by atoms with E-state index >= 15 is 0 Å². The molecule has 2 aromatic rings. The Kier molecular flexibility index (Phi) is 4.54. The first-order valence-corrected chi connectivity index (χ1v) is 6.40. The number of hydrogen-bond acceptors (Lipinski definition) is 4. The minimum absolute atomic E-state index is 0.0464. The second kappa shape index (κ2) is 6.55. The number of unbranched alkanes of at least 4 members (excludes halogenated alkanes) is 1. The van der Waals surface area contributed by atoms with Gasteiger partial charge in [-0.15, -0.1) is 0 Å². The highest BCUT2D eigenvalue weighted by atomic mass is 16.6. The van der Waals surface area contributed by atoms with Crippen molar-refractivity contribution in [1.29, 1.82) is 0 Å². The van der Waals surface area contributed by atoms with Crippen LogP contribution in [0.2, 0.25) is 0 Å². The van der Waals surface area contributed by atoms with Crippen molar-refractivity contribution < 1.29 is 14.3 Å². The van der Waals surface area contributed by atoms with Gasteiger partial charge in [0.1, 0.15) is 0 Å². The number of carbonyl (C=O) groups excluding carboxylic acids is 2. The second-order valence-electron chi connectivity index (χ2n) is 4.18. The number of imide groups is 1. The maximum Gasteiger partial charge on any atom is 0.423 e. The number of urea groups is 1. The van der Waals surface area contributed by atoms with Crippen LogP contribution in [0.25, 0.3) is 11.0 Å². The number of nitrogens with zero attached hydrogens (tertiary/aromatic N) is 1. The Bertz CT molecular complexity index is 575. The number of aromatic nitrogens is 2. The van der Waals surface area contributed by atoms with Crippen molar-refractivity contribution in [1.82, 2.24) is 20.6 Å². The van der Waals surface area contributed by atoms with Gasteiger partial charge in [-0.25, -0.2) is 14.9 Å². The number of aromatic amines is 1. The standard InChI is InChI=1S/C13H16N4O3/c1-2-3-8-14-11(18)17-13(19)20-12-15-9-6-4-5-7-10(9)16-12/h4-7H,2-3,8H2,1H3,(H,15,16)(H2,14,17,18,19). The van der Waals surface area contributed by atoms with Gasteiger partial charge in [-0.05, 0) is 18.6 Å². The Morgan fingerprint density at radius 2 is 2.15 bits per heavy atom. The van der Waals surface area contributed by atoms with Crippen LogP contribution in [0.3, 0.4) is 0 Å². The molecule has 3 N–H and O–H groups in total. The van der Waals surface area contributed by atoms with Crippen molar-refractivity contribution in [3.63, 3.8) is 0 Å². The number of benzene rings is 1. The van der Waals surface area contributed by atoms with Crippen molar-refractivity contribution in [2.75, 3.05) is 6.54 Å². The summed E-state index contributed by atoms with van der Waals surface area (Å²) < 4.78 is 4.90. The number of imidazole rings is 1. The van der Waals surface area contributed by atoms with Gasteiger partial charge < -0.3 is 15.0 Å². The van der Waals surface area contributed by atoms with Crippen LogP contribution in [0.1, 0.15) is 19.8 Å². The number of amides is 3. The minimum atomic E-state index is -0.877. The Hall–Kier alpha value is -2.57. The topological polar surface area (TPSA) is 96.1 Å². The number of ether oxygens (including phenoxy) is 1. The molecular formula is C13H16N4O3. The van der Waals surface area contributed by atoms with E-state index < -0.39 is 12.1 Å². The fraction of sp³-hybridized carbons (Fsp3) is 0.308. The highest BCUT2D eigenvalue weighted by Gasteiger charge is 2.11. The van der Waals surface area contributed by atoms with Gasteiger partial charge in [0.05, 0.1) is 11.0 Å². The van der Waals surface area contributed by atoms with E-state index in [1.165, 1.54) is 0 Å². The van der Waals surface area contributed by atoms with E-state index in [1.807, 2.05) is 25.1 Å². The van der Waals surface area contributed by atoms with Crippen LogP contribution >= 0.6 is 0 Å². The third-order valence-corrected chi connectivity index (χ3v) is 2.59. The lowest BCUT2D eigenvalue weighted by atomic mass is 10.3. The number of H-pyrrole nitrogens is 1. The molecule has 20 heavy (non-hydrogen) atoms. The average molecular weight is 276 g/mol. The van der Waals surface area contributed by atoms with Gasteiger partial charge in [-0.1, -0.05) is 25.5 Å². The maximum absolute atomic E-state index is 11.5. The summed E-state index contributed by atoms with van der Waals surface area (Å²) in [5.41, 5.74) is 1.44. The van der Waals surface area contributed by atoms with Gasteiger partial charge in [0.25, 0.3) is 0 Å². The SMILES string of the molecule is CCCCNC(=O)NC(=O)Oc1nc2ccccc2[nH]1. The molecule has 0 saturated heterocycles. The van der Waals surface area contributed by atoms with E-state index in [-0.39, 0.29) is 6.01 Å². The number of rotatable bonds is 4. The van der Waals surface area contributed by atoms with E-state index in [2.05, 4.69) is 20.6 Å². The van der Waals surface area contributed by atoms with E-state index in [9.17, 15) is 9.59 Å². The molecule has 0 aliphatic heterocycles. The minimum Gasteiger partial charge on any atom is -0.375 e. The summed E-state index contributed by atoms with van der Waals surface area (Å²) in [6.07, 6.45) is 0.938. The summed E-state index contributed by atoms with van der Waals surface area (Å²) in [6, 6.07) is 6.72. The summed E-state index contributed by atoms with van der Waals surface area (Å²) >= 11 is 0. The molecule has 0 spiro atoms. The zero-order valence-electron chi connectivity index (χ0n) is 11.1.